The first-order chi connectivity index (χ1) is 13.5. The van der Waals surface area contributed by atoms with Crippen molar-refractivity contribution in [2.75, 3.05) is 27.3 Å². The highest BCUT2D eigenvalue weighted by Gasteiger charge is 2.28. The van der Waals surface area contributed by atoms with Crippen molar-refractivity contribution in [1.29, 1.82) is 0 Å². The molecule has 0 radical (unpaired) electrons. The molecule has 2 aromatic rings. The molecule has 1 N–H and O–H groups in total. The third kappa shape index (κ3) is 3.71. The Morgan fingerprint density at radius 2 is 1.93 bits per heavy atom. The summed E-state index contributed by atoms with van der Waals surface area (Å²) in [6.45, 7) is 3.24. The van der Waals surface area contributed by atoms with Crippen LogP contribution in [0.2, 0.25) is 0 Å². The van der Waals surface area contributed by atoms with Crippen molar-refractivity contribution in [1.82, 2.24) is 24.6 Å². The lowest BCUT2D eigenvalue weighted by atomic mass is 10.2. The molecule has 10 nitrogen and oxygen atoms in total. The van der Waals surface area contributed by atoms with E-state index in [1.165, 1.54) is 11.7 Å². The Bertz CT molecular complexity index is 948. The number of methoxy groups -OCH3 is 2. The second-order valence-corrected chi connectivity index (χ2v) is 6.27. The van der Waals surface area contributed by atoms with Crippen LogP contribution in [0.15, 0.2) is 23.0 Å². The molecule has 1 aliphatic heterocycles. The van der Waals surface area contributed by atoms with Gasteiger partial charge in [-0.3, -0.25) is 14.2 Å². The number of likely N-dealkylation sites (N-methyl/N-ethyl adjacent to an activating group) is 1. The summed E-state index contributed by atoms with van der Waals surface area (Å²) in [5, 5.41) is 6.79. The van der Waals surface area contributed by atoms with Crippen LogP contribution in [0.5, 0.6) is 11.5 Å². The Morgan fingerprint density at radius 3 is 2.61 bits per heavy atom. The molecule has 3 rings (SSSR count). The van der Waals surface area contributed by atoms with Gasteiger partial charge in [0.15, 0.2) is 11.5 Å². The number of ether oxygens (including phenoxy) is 2. The molecule has 0 bridgehead atoms. The Hall–Kier alpha value is -3.30. The molecule has 1 aliphatic rings. The van der Waals surface area contributed by atoms with Crippen LogP contribution >= 0.6 is 0 Å². The molecule has 2 amide bonds. The summed E-state index contributed by atoms with van der Waals surface area (Å²) in [7, 11) is 3.08. The highest BCUT2D eigenvalue weighted by molar-refractivity contribution is 5.91. The summed E-state index contributed by atoms with van der Waals surface area (Å²) in [5.74, 6) is 0.554. The monoisotopic (exact) mass is 389 g/mol. The molecule has 0 saturated heterocycles. The van der Waals surface area contributed by atoms with E-state index in [9.17, 15) is 14.4 Å². The van der Waals surface area contributed by atoms with E-state index in [0.29, 0.717) is 31.1 Å². The zero-order valence-electron chi connectivity index (χ0n) is 16.1. The predicted molar refractivity (Wildman–Crippen MR) is 99.5 cm³/mol. The molecular weight excluding hydrogens is 366 g/mol. The normalized spacial score (nSPS) is 13.2. The first-order valence-electron chi connectivity index (χ1n) is 8.93. The first-order valence-corrected chi connectivity index (χ1v) is 8.93. The van der Waals surface area contributed by atoms with Crippen LogP contribution in [0.25, 0.3) is 0 Å². The van der Waals surface area contributed by atoms with Gasteiger partial charge in [0.05, 0.1) is 14.2 Å². The molecule has 10 heteroatoms. The average Bonchev–Trinajstić information content (AvgIpc) is 3.03. The fourth-order valence-electron chi connectivity index (χ4n) is 3.05. The number of nitrogens with zero attached hydrogens (tertiary/aromatic N) is 4. The van der Waals surface area contributed by atoms with Gasteiger partial charge < -0.3 is 19.7 Å². The van der Waals surface area contributed by atoms with Crippen molar-refractivity contribution in [2.45, 2.75) is 26.6 Å². The van der Waals surface area contributed by atoms with Gasteiger partial charge in [-0.25, -0.2) is 9.48 Å². The molecule has 150 valence electrons. The summed E-state index contributed by atoms with van der Waals surface area (Å²) in [4.78, 5) is 38.6. The van der Waals surface area contributed by atoms with Gasteiger partial charge in [-0.2, -0.15) is 0 Å². The molecule has 0 saturated carbocycles. The molecule has 0 unspecified atom stereocenters. The number of carbonyl (C=O) groups excluding carboxylic acids is 2. The van der Waals surface area contributed by atoms with Gasteiger partial charge in [0.1, 0.15) is 6.54 Å². The third-order valence-electron chi connectivity index (χ3n) is 4.61. The lowest BCUT2D eigenvalue weighted by Crippen LogP contribution is -2.42. The highest BCUT2D eigenvalue weighted by Crippen LogP contribution is 2.27. The predicted octanol–water partition coefficient (Wildman–Crippen LogP) is -0.146. The maximum absolute atomic E-state index is 12.4. The number of hydrogen-bond acceptors (Lipinski definition) is 6. The molecule has 0 atom stereocenters. The zero-order chi connectivity index (χ0) is 20.3. The lowest BCUT2D eigenvalue weighted by molar-refractivity contribution is -0.122. The number of nitrogens with one attached hydrogen (secondary N) is 1. The van der Waals surface area contributed by atoms with Crippen molar-refractivity contribution in [3.05, 3.63) is 40.1 Å². The van der Waals surface area contributed by atoms with Crippen LogP contribution in [0, 0.1) is 0 Å². The minimum atomic E-state index is -0.458. The smallest absolute Gasteiger partial charge is 0.346 e. The fourth-order valence-corrected chi connectivity index (χ4v) is 3.05. The summed E-state index contributed by atoms with van der Waals surface area (Å²) in [5.41, 5.74) is 0.358. The number of benzene rings is 1. The highest BCUT2D eigenvalue weighted by atomic mass is 16.5. The van der Waals surface area contributed by atoms with E-state index in [2.05, 4.69) is 10.4 Å². The number of carbonyl (C=O) groups is 2. The Morgan fingerprint density at radius 1 is 1.18 bits per heavy atom. The van der Waals surface area contributed by atoms with E-state index >= 15 is 0 Å². The van der Waals surface area contributed by atoms with Crippen molar-refractivity contribution >= 4 is 11.8 Å². The van der Waals surface area contributed by atoms with Crippen LogP contribution < -0.4 is 20.5 Å². The van der Waals surface area contributed by atoms with Crippen LogP contribution in [-0.4, -0.2) is 58.4 Å². The van der Waals surface area contributed by atoms with E-state index in [0.717, 1.165) is 10.2 Å². The van der Waals surface area contributed by atoms with Gasteiger partial charge in [-0.05, 0) is 24.6 Å². The van der Waals surface area contributed by atoms with Gasteiger partial charge in [-0.1, -0.05) is 6.07 Å². The Labute approximate surface area is 161 Å². The lowest BCUT2D eigenvalue weighted by Gasteiger charge is -2.24. The minimum Gasteiger partial charge on any atom is -0.493 e. The molecular formula is C18H23N5O5. The van der Waals surface area contributed by atoms with Crippen LogP contribution in [0.1, 0.15) is 23.1 Å². The van der Waals surface area contributed by atoms with Crippen molar-refractivity contribution in [3.63, 3.8) is 0 Å². The fraction of sp³-hybridized carbons (Fsp3) is 0.444. The number of hydrogen-bond donors (Lipinski definition) is 1. The summed E-state index contributed by atoms with van der Waals surface area (Å²) in [6, 6.07) is 5.32. The largest absolute Gasteiger partial charge is 0.493 e. The minimum absolute atomic E-state index is 0.0748. The second kappa shape index (κ2) is 8.15. The summed E-state index contributed by atoms with van der Waals surface area (Å²) >= 11 is 0. The number of aromatic nitrogens is 3. The molecule has 28 heavy (non-hydrogen) atoms. The van der Waals surface area contributed by atoms with Crippen molar-refractivity contribution in [3.8, 4) is 11.5 Å². The first kappa shape index (κ1) is 19.5. The van der Waals surface area contributed by atoms with Crippen molar-refractivity contribution in [2.24, 2.45) is 0 Å². The molecule has 0 fully saturated rings. The summed E-state index contributed by atoms with van der Waals surface area (Å²) in [6.07, 6.45) is 0. The van der Waals surface area contributed by atoms with E-state index in [1.54, 1.807) is 30.2 Å². The van der Waals surface area contributed by atoms with E-state index in [1.807, 2.05) is 6.92 Å². The van der Waals surface area contributed by atoms with Crippen LogP contribution in [0.4, 0.5) is 0 Å². The SMILES string of the molecule is CCN1CCn2c(nn(CC(=O)NCc3ccc(OC)c(OC)c3)c2=O)C1=O. The third-order valence-corrected chi connectivity index (χ3v) is 4.61. The summed E-state index contributed by atoms with van der Waals surface area (Å²) < 4.78 is 12.8. The average molecular weight is 389 g/mol. The van der Waals surface area contributed by atoms with E-state index in [4.69, 9.17) is 9.47 Å². The molecule has 0 aliphatic carbocycles. The van der Waals surface area contributed by atoms with E-state index in [-0.39, 0.29) is 30.7 Å². The maximum atomic E-state index is 12.4. The van der Waals surface area contributed by atoms with Gasteiger partial charge in [-0.15, -0.1) is 5.10 Å². The standard InChI is InChI=1S/C18H23N5O5/c1-4-21-7-8-22-16(17(21)25)20-23(18(22)26)11-15(24)19-10-12-5-6-13(27-2)14(9-12)28-3/h5-6,9H,4,7-8,10-11H2,1-3H3,(H,19,24). The van der Waals surface area contributed by atoms with Crippen LogP contribution in [0.3, 0.4) is 0 Å². The van der Waals surface area contributed by atoms with Gasteiger partial charge in [0, 0.05) is 26.2 Å². The van der Waals surface area contributed by atoms with Gasteiger partial charge in [0.2, 0.25) is 11.7 Å². The number of fused-ring (bicyclic) bond motifs is 1. The molecule has 1 aromatic heterocycles. The Kier molecular flexibility index (Phi) is 5.67. The topological polar surface area (TPSA) is 108 Å². The van der Waals surface area contributed by atoms with Crippen molar-refractivity contribution < 1.29 is 19.1 Å². The Balaban J connectivity index is 1.66. The van der Waals surface area contributed by atoms with Crippen LogP contribution in [-0.2, 0) is 24.4 Å². The van der Waals surface area contributed by atoms with Gasteiger partial charge in [0.25, 0.3) is 5.91 Å². The maximum Gasteiger partial charge on any atom is 0.346 e. The molecule has 0 spiro atoms. The van der Waals surface area contributed by atoms with E-state index < -0.39 is 5.69 Å². The number of amides is 2. The molecule has 1 aromatic carbocycles. The zero-order valence-corrected chi connectivity index (χ0v) is 16.1. The quantitative estimate of drug-likeness (QED) is 0.706. The number of rotatable bonds is 7. The second-order valence-electron chi connectivity index (χ2n) is 6.27. The molecule has 2 heterocycles. The van der Waals surface area contributed by atoms with Gasteiger partial charge >= 0.3 is 5.69 Å².